The predicted octanol–water partition coefficient (Wildman–Crippen LogP) is 3.35. The number of rotatable bonds is 6. The first-order valence-corrected chi connectivity index (χ1v) is 8.20. The number of methoxy groups -OCH3 is 1. The number of ether oxygens (including phenoxy) is 1. The third-order valence-electron chi connectivity index (χ3n) is 3.42. The van der Waals surface area contributed by atoms with Crippen LogP contribution < -0.4 is 5.32 Å². The summed E-state index contributed by atoms with van der Waals surface area (Å²) >= 11 is 3.16. The van der Waals surface area contributed by atoms with Crippen LogP contribution in [0.5, 0.6) is 0 Å². The number of aryl methyl sites for hydroxylation is 1. The smallest absolute Gasteiger partial charge is 0.341 e. The standard InChI is InChI=1S/C17H18BrFN2O4/c1-10-13(17(23)24-3)7-12(25-10)8-21(2)9-16(22)20-15-5-4-11(18)6-14(15)19/h4-7H,8-9H2,1-3H3,(H,20,22). The van der Waals surface area contributed by atoms with Crippen molar-refractivity contribution in [2.75, 3.05) is 26.0 Å². The molecule has 0 unspecified atom stereocenters. The molecule has 0 saturated carbocycles. The van der Waals surface area contributed by atoms with Crippen LogP contribution in [0.15, 0.2) is 33.2 Å². The summed E-state index contributed by atoms with van der Waals surface area (Å²) < 4.78 is 24.5. The zero-order chi connectivity index (χ0) is 18.6. The van der Waals surface area contributed by atoms with E-state index in [9.17, 15) is 14.0 Å². The van der Waals surface area contributed by atoms with Crippen molar-refractivity contribution in [3.63, 3.8) is 0 Å². The first-order chi connectivity index (χ1) is 11.8. The summed E-state index contributed by atoms with van der Waals surface area (Å²) in [7, 11) is 3.01. The van der Waals surface area contributed by atoms with Crippen LogP contribution in [0.4, 0.5) is 10.1 Å². The summed E-state index contributed by atoms with van der Waals surface area (Å²) in [4.78, 5) is 25.3. The number of amides is 1. The number of nitrogens with one attached hydrogen (secondary N) is 1. The van der Waals surface area contributed by atoms with E-state index in [2.05, 4.69) is 26.0 Å². The lowest BCUT2D eigenvalue weighted by molar-refractivity contribution is -0.117. The molecule has 8 heteroatoms. The summed E-state index contributed by atoms with van der Waals surface area (Å²) in [5.41, 5.74) is 0.468. The van der Waals surface area contributed by atoms with Gasteiger partial charge in [0.05, 0.1) is 25.9 Å². The van der Waals surface area contributed by atoms with E-state index in [-0.39, 0.29) is 18.1 Å². The molecule has 0 spiro atoms. The minimum absolute atomic E-state index is 0.0306. The number of furan rings is 1. The van der Waals surface area contributed by atoms with Gasteiger partial charge in [-0.15, -0.1) is 0 Å². The zero-order valence-electron chi connectivity index (χ0n) is 14.1. The Labute approximate surface area is 153 Å². The molecular weight excluding hydrogens is 395 g/mol. The molecule has 2 rings (SSSR count). The normalized spacial score (nSPS) is 10.8. The number of likely N-dealkylation sites (N-methyl/N-ethyl adjacent to an activating group) is 1. The topological polar surface area (TPSA) is 71.8 Å². The fraction of sp³-hybridized carbons (Fsp3) is 0.294. The average Bonchev–Trinajstić information content (AvgIpc) is 2.89. The highest BCUT2D eigenvalue weighted by molar-refractivity contribution is 9.10. The van der Waals surface area contributed by atoms with Crippen molar-refractivity contribution in [2.24, 2.45) is 0 Å². The molecule has 6 nitrogen and oxygen atoms in total. The molecule has 2 aromatic rings. The average molecular weight is 413 g/mol. The van der Waals surface area contributed by atoms with Crippen LogP contribution in [-0.4, -0.2) is 37.5 Å². The molecule has 0 aliphatic carbocycles. The van der Waals surface area contributed by atoms with Gasteiger partial charge in [0.1, 0.15) is 22.9 Å². The monoisotopic (exact) mass is 412 g/mol. The van der Waals surface area contributed by atoms with Gasteiger partial charge < -0.3 is 14.5 Å². The van der Waals surface area contributed by atoms with Gasteiger partial charge in [-0.3, -0.25) is 9.69 Å². The van der Waals surface area contributed by atoms with Crippen LogP contribution in [0.2, 0.25) is 0 Å². The molecule has 134 valence electrons. The quantitative estimate of drug-likeness (QED) is 0.736. The van der Waals surface area contributed by atoms with Gasteiger partial charge in [-0.05, 0) is 38.2 Å². The summed E-state index contributed by atoms with van der Waals surface area (Å²) in [6, 6.07) is 5.99. The molecule has 0 radical (unpaired) electrons. The Balaban J connectivity index is 1.94. The Hall–Kier alpha value is -2.19. The minimum atomic E-state index is -0.519. The third-order valence-corrected chi connectivity index (χ3v) is 3.91. The Bertz CT molecular complexity index is 791. The van der Waals surface area contributed by atoms with Gasteiger partial charge in [-0.2, -0.15) is 0 Å². The van der Waals surface area contributed by atoms with Gasteiger partial charge in [0.2, 0.25) is 5.91 Å². The molecule has 0 aliphatic heterocycles. The minimum Gasteiger partial charge on any atom is -0.465 e. The van der Waals surface area contributed by atoms with E-state index in [4.69, 9.17) is 4.42 Å². The van der Waals surface area contributed by atoms with Crippen molar-refractivity contribution >= 4 is 33.5 Å². The fourth-order valence-electron chi connectivity index (χ4n) is 2.28. The SMILES string of the molecule is COC(=O)c1cc(CN(C)CC(=O)Nc2ccc(Br)cc2F)oc1C. The van der Waals surface area contributed by atoms with E-state index in [1.165, 1.54) is 19.2 Å². The van der Waals surface area contributed by atoms with Gasteiger partial charge in [0, 0.05) is 4.47 Å². The van der Waals surface area contributed by atoms with Gasteiger partial charge in [-0.25, -0.2) is 9.18 Å². The highest BCUT2D eigenvalue weighted by Gasteiger charge is 2.17. The molecule has 0 fully saturated rings. The molecule has 1 aromatic heterocycles. The van der Waals surface area contributed by atoms with E-state index in [0.29, 0.717) is 28.1 Å². The molecule has 0 atom stereocenters. The van der Waals surface area contributed by atoms with Crippen LogP contribution in [-0.2, 0) is 16.1 Å². The summed E-state index contributed by atoms with van der Waals surface area (Å²) in [5, 5.41) is 2.52. The molecule has 1 aromatic carbocycles. The van der Waals surface area contributed by atoms with Crippen LogP contribution in [0.1, 0.15) is 21.9 Å². The van der Waals surface area contributed by atoms with Crippen molar-refractivity contribution < 1.29 is 23.1 Å². The number of carbonyl (C=O) groups excluding carboxylic acids is 2. The molecule has 25 heavy (non-hydrogen) atoms. The third kappa shape index (κ3) is 5.14. The predicted molar refractivity (Wildman–Crippen MR) is 93.8 cm³/mol. The van der Waals surface area contributed by atoms with Gasteiger partial charge >= 0.3 is 5.97 Å². The second-order valence-corrected chi connectivity index (χ2v) is 6.43. The molecule has 1 amide bonds. The van der Waals surface area contributed by atoms with Crippen molar-refractivity contribution in [2.45, 2.75) is 13.5 Å². The summed E-state index contributed by atoms with van der Waals surface area (Å²) in [6.45, 7) is 2.01. The lowest BCUT2D eigenvalue weighted by Crippen LogP contribution is -2.30. The van der Waals surface area contributed by atoms with E-state index >= 15 is 0 Å². The number of benzene rings is 1. The van der Waals surface area contributed by atoms with Gasteiger partial charge in [0.15, 0.2) is 0 Å². The first-order valence-electron chi connectivity index (χ1n) is 7.41. The zero-order valence-corrected chi connectivity index (χ0v) is 15.6. The lowest BCUT2D eigenvalue weighted by atomic mass is 10.2. The van der Waals surface area contributed by atoms with E-state index < -0.39 is 11.8 Å². The van der Waals surface area contributed by atoms with E-state index in [0.717, 1.165) is 0 Å². The summed E-state index contributed by atoms with van der Waals surface area (Å²) in [5.74, 6) is -0.367. The van der Waals surface area contributed by atoms with Gasteiger partial charge in [-0.1, -0.05) is 15.9 Å². The number of esters is 1. The van der Waals surface area contributed by atoms with Crippen molar-refractivity contribution in [3.05, 3.63) is 51.6 Å². The second kappa shape index (κ2) is 8.26. The number of hydrogen-bond acceptors (Lipinski definition) is 5. The van der Waals surface area contributed by atoms with Crippen molar-refractivity contribution in [3.8, 4) is 0 Å². The van der Waals surface area contributed by atoms with Crippen LogP contribution in [0, 0.1) is 12.7 Å². The Morgan fingerprint density at radius 1 is 1.36 bits per heavy atom. The Morgan fingerprint density at radius 3 is 2.72 bits per heavy atom. The Kier molecular flexibility index (Phi) is 6.33. The maximum absolute atomic E-state index is 13.7. The number of anilines is 1. The molecular formula is C17H18BrFN2O4. The maximum atomic E-state index is 13.7. The van der Waals surface area contributed by atoms with Crippen molar-refractivity contribution in [1.29, 1.82) is 0 Å². The lowest BCUT2D eigenvalue weighted by Gasteiger charge is -2.15. The van der Waals surface area contributed by atoms with E-state index in [1.54, 1.807) is 31.0 Å². The number of carbonyl (C=O) groups is 2. The largest absolute Gasteiger partial charge is 0.465 e. The number of hydrogen-bond donors (Lipinski definition) is 1. The maximum Gasteiger partial charge on any atom is 0.341 e. The first kappa shape index (κ1) is 19.1. The highest BCUT2D eigenvalue weighted by atomic mass is 79.9. The number of halogens is 2. The molecule has 0 aliphatic rings. The summed E-state index contributed by atoms with van der Waals surface area (Å²) in [6.07, 6.45) is 0. The number of nitrogens with zero attached hydrogens (tertiary/aromatic N) is 1. The molecule has 1 heterocycles. The van der Waals surface area contributed by atoms with Crippen LogP contribution >= 0.6 is 15.9 Å². The Morgan fingerprint density at radius 2 is 2.08 bits per heavy atom. The van der Waals surface area contributed by atoms with Crippen molar-refractivity contribution in [1.82, 2.24) is 4.90 Å². The molecule has 1 N–H and O–H groups in total. The molecule has 0 bridgehead atoms. The van der Waals surface area contributed by atoms with Crippen LogP contribution in [0.25, 0.3) is 0 Å². The fourth-order valence-corrected chi connectivity index (χ4v) is 2.62. The highest BCUT2D eigenvalue weighted by Crippen LogP contribution is 2.20. The van der Waals surface area contributed by atoms with Gasteiger partial charge in [0.25, 0.3) is 0 Å². The van der Waals surface area contributed by atoms with E-state index in [1.807, 2.05) is 0 Å². The second-order valence-electron chi connectivity index (χ2n) is 5.52. The van der Waals surface area contributed by atoms with Crippen LogP contribution in [0.3, 0.4) is 0 Å². The molecule has 0 saturated heterocycles.